The average Bonchev–Trinajstić information content (AvgIpc) is 2.13. The summed E-state index contributed by atoms with van der Waals surface area (Å²) in [6.07, 6.45) is 0. The Morgan fingerprint density at radius 2 is 1.59 bits per heavy atom. The molecule has 0 saturated carbocycles. The third kappa shape index (κ3) is 6.34. The minimum atomic E-state index is -0.533. The Morgan fingerprint density at radius 1 is 1.00 bits per heavy atom. The van der Waals surface area contributed by atoms with E-state index < -0.39 is 11.6 Å². The molecule has 1 aromatic carbocycles. The van der Waals surface area contributed by atoms with Gasteiger partial charge in [-0.15, -0.1) is 0 Å². The van der Waals surface area contributed by atoms with Crippen LogP contribution in [0.5, 0.6) is 0 Å². The van der Waals surface area contributed by atoms with Crippen LogP contribution in [0.4, 0.5) is 8.78 Å². The lowest BCUT2D eigenvalue weighted by atomic mass is 10.1. The third-order valence-electron chi connectivity index (χ3n) is 2.21. The maximum Gasteiger partial charge on any atom is 0.126 e. The standard InChI is InChI=1S/C13H20F2N2/c1-13(2,3)17-5-4-16-9-10-6-11(14)8-12(15)7-10/h6-8,16-17H,4-5,9H2,1-3H3. The average molecular weight is 242 g/mol. The molecule has 0 saturated heterocycles. The molecule has 2 nitrogen and oxygen atoms in total. The molecule has 0 aliphatic rings. The lowest BCUT2D eigenvalue weighted by molar-refractivity contribution is 0.421. The van der Waals surface area contributed by atoms with Gasteiger partial charge in [0.05, 0.1) is 0 Å². The van der Waals surface area contributed by atoms with Gasteiger partial charge in [0, 0.05) is 31.2 Å². The van der Waals surface area contributed by atoms with Gasteiger partial charge in [-0.05, 0) is 38.5 Å². The summed E-state index contributed by atoms with van der Waals surface area (Å²) in [5.74, 6) is -1.07. The predicted molar refractivity (Wildman–Crippen MR) is 65.8 cm³/mol. The molecule has 0 aliphatic heterocycles. The van der Waals surface area contributed by atoms with Crippen molar-refractivity contribution < 1.29 is 8.78 Å². The second-order valence-electron chi connectivity index (χ2n) is 5.13. The Morgan fingerprint density at radius 3 is 2.12 bits per heavy atom. The molecule has 17 heavy (non-hydrogen) atoms. The van der Waals surface area contributed by atoms with Gasteiger partial charge in [-0.1, -0.05) is 0 Å². The predicted octanol–water partition coefficient (Wildman–Crippen LogP) is 2.44. The minimum absolute atomic E-state index is 0.0899. The molecule has 0 spiro atoms. The van der Waals surface area contributed by atoms with Crippen LogP contribution in [0.1, 0.15) is 26.3 Å². The molecule has 2 N–H and O–H groups in total. The van der Waals surface area contributed by atoms with Gasteiger partial charge in [-0.25, -0.2) is 8.78 Å². The Bertz CT molecular complexity index is 339. The highest BCUT2D eigenvalue weighted by molar-refractivity contribution is 5.17. The molecule has 0 aliphatic carbocycles. The van der Waals surface area contributed by atoms with Gasteiger partial charge in [-0.2, -0.15) is 0 Å². The molecular formula is C13H20F2N2. The zero-order valence-electron chi connectivity index (χ0n) is 10.6. The Hall–Kier alpha value is -1.00. The molecule has 4 heteroatoms. The van der Waals surface area contributed by atoms with Crippen LogP contribution in [0, 0.1) is 11.6 Å². The summed E-state index contributed by atoms with van der Waals surface area (Å²) in [7, 11) is 0. The normalized spacial score (nSPS) is 11.8. The van der Waals surface area contributed by atoms with Crippen molar-refractivity contribution in [3.05, 3.63) is 35.4 Å². The zero-order valence-corrected chi connectivity index (χ0v) is 10.6. The maximum absolute atomic E-state index is 12.9. The Balaban J connectivity index is 2.27. The third-order valence-corrected chi connectivity index (χ3v) is 2.21. The number of rotatable bonds is 5. The van der Waals surface area contributed by atoms with Crippen LogP contribution in [-0.2, 0) is 6.54 Å². The van der Waals surface area contributed by atoms with Crippen molar-refractivity contribution in [3.63, 3.8) is 0 Å². The van der Waals surface area contributed by atoms with Crippen molar-refractivity contribution in [1.82, 2.24) is 10.6 Å². The summed E-state index contributed by atoms with van der Waals surface area (Å²) in [6.45, 7) is 8.33. The van der Waals surface area contributed by atoms with Gasteiger partial charge in [0.15, 0.2) is 0 Å². The van der Waals surface area contributed by atoms with Crippen LogP contribution in [0.2, 0.25) is 0 Å². The number of nitrogens with one attached hydrogen (secondary N) is 2. The first kappa shape index (κ1) is 14.1. The molecule has 0 unspecified atom stereocenters. The van der Waals surface area contributed by atoms with E-state index in [1.807, 2.05) is 0 Å². The van der Waals surface area contributed by atoms with Crippen molar-refractivity contribution in [3.8, 4) is 0 Å². The first-order chi connectivity index (χ1) is 7.87. The van der Waals surface area contributed by atoms with E-state index in [0.717, 1.165) is 19.2 Å². The van der Waals surface area contributed by atoms with Crippen LogP contribution < -0.4 is 10.6 Å². The van der Waals surface area contributed by atoms with Gasteiger partial charge in [-0.3, -0.25) is 0 Å². The topological polar surface area (TPSA) is 24.1 Å². The first-order valence-electron chi connectivity index (χ1n) is 5.77. The van der Waals surface area contributed by atoms with Crippen LogP contribution in [0.15, 0.2) is 18.2 Å². The molecule has 0 heterocycles. The molecule has 0 amide bonds. The van der Waals surface area contributed by atoms with Crippen LogP contribution >= 0.6 is 0 Å². The highest BCUT2D eigenvalue weighted by Crippen LogP contribution is 2.07. The van der Waals surface area contributed by atoms with Crippen molar-refractivity contribution in [1.29, 1.82) is 0 Å². The van der Waals surface area contributed by atoms with E-state index in [4.69, 9.17) is 0 Å². The molecule has 1 rings (SSSR count). The van der Waals surface area contributed by atoms with Gasteiger partial charge in [0.25, 0.3) is 0 Å². The SMILES string of the molecule is CC(C)(C)NCCNCc1cc(F)cc(F)c1. The fraction of sp³-hybridized carbons (Fsp3) is 0.538. The lowest BCUT2D eigenvalue weighted by Gasteiger charge is -2.20. The number of hydrogen-bond acceptors (Lipinski definition) is 2. The molecule has 0 bridgehead atoms. The molecular weight excluding hydrogens is 222 g/mol. The lowest BCUT2D eigenvalue weighted by Crippen LogP contribution is -2.40. The highest BCUT2D eigenvalue weighted by Gasteiger charge is 2.07. The number of hydrogen-bond donors (Lipinski definition) is 2. The summed E-state index contributed by atoms with van der Waals surface area (Å²) in [4.78, 5) is 0. The smallest absolute Gasteiger partial charge is 0.126 e. The zero-order chi connectivity index (χ0) is 12.9. The van der Waals surface area contributed by atoms with Crippen LogP contribution in [-0.4, -0.2) is 18.6 Å². The van der Waals surface area contributed by atoms with Gasteiger partial charge < -0.3 is 10.6 Å². The van der Waals surface area contributed by atoms with E-state index in [1.165, 1.54) is 12.1 Å². The minimum Gasteiger partial charge on any atom is -0.311 e. The van der Waals surface area contributed by atoms with E-state index in [9.17, 15) is 8.78 Å². The van der Waals surface area contributed by atoms with Crippen molar-refractivity contribution in [2.45, 2.75) is 32.9 Å². The van der Waals surface area contributed by atoms with E-state index in [-0.39, 0.29) is 5.54 Å². The molecule has 0 atom stereocenters. The monoisotopic (exact) mass is 242 g/mol. The second-order valence-corrected chi connectivity index (χ2v) is 5.13. The largest absolute Gasteiger partial charge is 0.311 e. The molecule has 0 radical (unpaired) electrons. The quantitative estimate of drug-likeness (QED) is 0.775. The fourth-order valence-corrected chi connectivity index (χ4v) is 1.47. The molecule has 0 fully saturated rings. The van der Waals surface area contributed by atoms with Gasteiger partial charge in [0.2, 0.25) is 0 Å². The van der Waals surface area contributed by atoms with Crippen molar-refractivity contribution in [2.24, 2.45) is 0 Å². The molecule has 0 aromatic heterocycles. The summed E-state index contributed by atoms with van der Waals surface area (Å²) in [5, 5.41) is 6.45. The summed E-state index contributed by atoms with van der Waals surface area (Å²) in [5.41, 5.74) is 0.713. The van der Waals surface area contributed by atoms with E-state index in [1.54, 1.807) is 0 Å². The molecule has 96 valence electrons. The number of halogens is 2. The van der Waals surface area contributed by atoms with Crippen LogP contribution in [0.3, 0.4) is 0 Å². The Kier molecular flexibility index (Phi) is 5.02. The molecule has 1 aromatic rings. The summed E-state index contributed by atoms with van der Waals surface area (Å²) in [6, 6.07) is 3.56. The second kappa shape index (κ2) is 6.07. The van der Waals surface area contributed by atoms with Gasteiger partial charge in [0.1, 0.15) is 11.6 Å². The van der Waals surface area contributed by atoms with E-state index in [2.05, 4.69) is 31.4 Å². The van der Waals surface area contributed by atoms with Crippen molar-refractivity contribution >= 4 is 0 Å². The highest BCUT2D eigenvalue weighted by atomic mass is 19.1. The fourth-order valence-electron chi connectivity index (χ4n) is 1.47. The number of benzene rings is 1. The van der Waals surface area contributed by atoms with Crippen LogP contribution in [0.25, 0.3) is 0 Å². The van der Waals surface area contributed by atoms with E-state index in [0.29, 0.717) is 12.1 Å². The maximum atomic E-state index is 12.9. The van der Waals surface area contributed by atoms with Gasteiger partial charge >= 0.3 is 0 Å². The summed E-state index contributed by atoms with van der Waals surface area (Å²) >= 11 is 0. The van der Waals surface area contributed by atoms with E-state index >= 15 is 0 Å². The van der Waals surface area contributed by atoms with Crippen molar-refractivity contribution in [2.75, 3.05) is 13.1 Å². The first-order valence-corrected chi connectivity index (χ1v) is 5.77. The Labute approximate surface area is 101 Å². The summed E-state index contributed by atoms with van der Waals surface area (Å²) < 4.78 is 25.8.